The molecule has 0 amide bonds. The number of non-ortho nitro benzene ring substituents is 1. The molecule has 0 radical (unpaired) electrons. The van der Waals surface area contributed by atoms with Crippen LogP contribution in [0.3, 0.4) is 0 Å². The van der Waals surface area contributed by atoms with Crippen molar-refractivity contribution >= 4 is 48.6 Å². The predicted molar refractivity (Wildman–Crippen MR) is 60.6 cm³/mol. The van der Waals surface area contributed by atoms with Gasteiger partial charge in [0.25, 0.3) is 14.7 Å². The zero-order valence-electron chi connectivity index (χ0n) is 7.43. The van der Waals surface area contributed by atoms with Crippen molar-refractivity contribution in [2.75, 3.05) is 0 Å². The van der Waals surface area contributed by atoms with E-state index in [4.69, 9.17) is 33.9 Å². The van der Waals surface area contributed by atoms with Crippen LogP contribution < -0.4 is 0 Å². The van der Waals surface area contributed by atoms with Crippen LogP contribution in [0.5, 0.6) is 0 Å². The lowest BCUT2D eigenvalue weighted by Gasteiger charge is -2.06. The van der Waals surface area contributed by atoms with Gasteiger partial charge < -0.3 is 0 Å². The monoisotopic (exact) mass is 303 g/mol. The van der Waals surface area contributed by atoms with Crippen LogP contribution in [0, 0.1) is 10.1 Å². The summed E-state index contributed by atoms with van der Waals surface area (Å²) in [4.78, 5) is 8.23. The molecule has 1 rings (SSSR count). The van der Waals surface area contributed by atoms with Crippen LogP contribution in [0.25, 0.3) is 0 Å². The Morgan fingerprint density at radius 2 is 1.88 bits per heavy atom. The molecular weight excluding hydrogens is 301 g/mol. The lowest BCUT2D eigenvalue weighted by molar-refractivity contribution is -0.385. The number of benzene rings is 1. The van der Waals surface area contributed by atoms with Crippen LogP contribution in [0.1, 0.15) is 10.4 Å². The van der Waals surface area contributed by atoms with Crippen LogP contribution in [-0.2, 0) is 9.05 Å². The molecule has 0 aliphatic rings. The summed E-state index contributed by atoms with van der Waals surface area (Å²) in [5.41, 5.74) is -0.432. The third kappa shape index (κ3) is 2.98. The molecule has 1 aromatic rings. The summed E-state index contributed by atoms with van der Waals surface area (Å²) in [5.74, 6) is 0. The van der Waals surface area contributed by atoms with Crippen LogP contribution in [0.4, 0.5) is 5.69 Å². The van der Waals surface area contributed by atoms with Crippen molar-refractivity contribution in [1.82, 2.24) is 0 Å². The third-order valence-electron chi connectivity index (χ3n) is 1.70. The molecule has 0 unspecified atom stereocenters. The van der Waals surface area contributed by atoms with E-state index in [2.05, 4.69) is 0 Å². The van der Waals surface area contributed by atoms with Crippen molar-refractivity contribution in [2.24, 2.45) is 0 Å². The SMILES string of the molecule is O=[N+]([O-])c1ccc(S(=O)(=O)Cl)c(C(Cl)Cl)c1. The standard InChI is InChI=1S/C7H4Cl3NO4S/c8-7(9)5-3-4(11(12)13)1-2-6(5)16(10,14)15/h1-3,7H. The van der Waals surface area contributed by atoms with Crippen LogP contribution >= 0.6 is 33.9 Å². The Kier molecular flexibility index (Phi) is 4.01. The number of hydrogen-bond donors (Lipinski definition) is 0. The van der Waals surface area contributed by atoms with E-state index < -0.39 is 18.8 Å². The van der Waals surface area contributed by atoms with Crippen LogP contribution in [-0.4, -0.2) is 13.3 Å². The van der Waals surface area contributed by atoms with Gasteiger partial charge in [-0.3, -0.25) is 10.1 Å². The highest BCUT2D eigenvalue weighted by molar-refractivity contribution is 8.13. The Morgan fingerprint density at radius 1 is 1.31 bits per heavy atom. The molecular formula is C7H4Cl3NO4S. The number of hydrogen-bond acceptors (Lipinski definition) is 4. The molecule has 0 heterocycles. The Labute approximate surface area is 105 Å². The van der Waals surface area contributed by atoms with E-state index in [1.807, 2.05) is 0 Å². The van der Waals surface area contributed by atoms with Crippen LogP contribution in [0.2, 0.25) is 0 Å². The van der Waals surface area contributed by atoms with Crippen LogP contribution in [0.15, 0.2) is 23.1 Å². The highest BCUT2D eigenvalue weighted by Gasteiger charge is 2.22. The van der Waals surface area contributed by atoms with E-state index in [1.54, 1.807) is 0 Å². The minimum atomic E-state index is -4.04. The number of rotatable bonds is 3. The largest absolute Gasteiger partial charge is 0.269 e. The van der Waals surface area contributed by atoms with Gasteiger partial charge in [0.05, 0.1) is 9.82 Å². The molecule has 0 atom stereocenters. The van der Waals surface area contributed by atoms with E-state index in [0.717, 1.165) is 18.2 Å². The molecule has 0 aliphatic carbocycles. The van der Waals surface area contributed by atoms with Gasteiger partial charge in [0.1, 0.15) is 4.84 Å². The average molecular weight is 305 g/mol. The van der Waals surface area contributed by atoms with E-state index >= 15 is 0 Å². The molecule has 16 heavy (non-hydrogen) atoms. The number of nitro groups is 1. The number of alkyl halides is 2. The fraction of sp³-hybridized carbons (Fsp3) is 0.143. The van der Waals surface area contributed by atoms with Gasteiger partial charge in [-0.05, 0) is 6.07 Å². The van der Waals surface area contributed by atoms with Gasteiger partial charge in [-0.2, -0.15) is 0 Å². The van der Waals surface area contributed by atoms with Gasteiger partial charge in [0.2, 0.25) is 0 Å². The van der Waals surface area contributed by atoms with Gasteiger partial charge >= 0.3 is 0 Å². The van der Waals surface area contributed by atoms with Gasteiger partial charge in [0, 0.05) is 28.4 Å². The quantitative estimate of drug-likeness (QED) is 0.372. The Hall–Kier alpha value is -0.560. The van der Waals surface area contributed by atoms with Crippen molar-refractivity contribution in [3.05, 3.63) is 33.9 Å². The minimum Gasteiger partial charge on any atom is -0.258 e. The minimum absolute atomic E-state index is 0.118. The van der Waals surface area contributed by atoms with Gasteiger partial charge in [-0.1, -0.05) is 0 Å². The summed E-state index contributed by atoms with van der Waals surface area (Å²) < 4.78 is 22.2. The fourth-order valence-corrected chi connectivity index (χ4v) is 2.64. The molecule has 9 heteroatoms. The molecule has 0 saturated heterocycles. The smallest absolute Gasteiger partial charge is 0.258 e. The van der Waals surface area contributed by atoms with E-state index in [0.29, 0.717) is 0 Å². The number of halogens is 3. The molecule has 0 bridgehead atoms. The van der Waals surface area contributed by atoms with E-state index in [-0.39, 0.29) is 16.1 Å². The summed E-state index contributed by atoms with van der Waals surface area (Å²) in [6.45, 7) is 0. The first-order valence-corrected chi connectivity index (χ1v) is 6.93. The second-order valence-corrected chi connectivity index (χ2v) is 6.35. The van der Waals surface area contributed by atoms with Crippen molar-refractivity contribution in [2.45, 2.75) is 9.73 Å². The van der Waals surface area contributed by atoms with Crippen molar-refractivity contribution < 1.29 is 13.3 Å². The molecule has 0 N–H and O–H groups in total. The lowest BCUT2D eigenvalue weighted by Crippen LogP contribution is -1.99. The van der Waals surface area contributed by atoms with Crippen molar-refractivity contribution in [1.29, 1.82) is 0 Å². The van der Waals surface area contributed by atoms with E-state index in [1.165, 1.54) is 0 Å². The summed E-state index contributed by atoms with van der Waals surface area (Å²) in [5, 5.41) is 10.5. The summed E-state index contributed by atoms with van der Waals surface area (Å²) in [6, 6.07) is 2.97. The first-order chi connectivity index (χ1) is 7.23. The molecule has 0 spiro atoms. The molecule has 0 aromatic heterocycles. The molecule has 0 fully saturated rings. The maximum absolute atomic E-state index is 11.1. The molecule has 1 aromatic carbocycles. The number of nitro benzene ring substituents is 1. The zero-order chi connectivity index (χ0) is 12.5. The lowest BCUT2D eigenvalue weighted by atomic mass is 10.2. The molecule has 5 nitrogen and oxygen atoms in total. The van der Waals surface area contributed by atoms with Gasteiger partial charge in [-0.25, -0.2) is 8.42 Å². The second-order valence-electron chi connectivity index (χ2n) is 2.72. The fourth-order valence-electron chi connectivity index (χ4n) is 1.04. The topological polar surface area (TPSA) is 77.3 Å². The third-order valence-corrected chi connectivity index (χ3v) is 3.57. The summed E-state index contributed by atoms with van der Waals surface area (Å²) in [7, 11) is 1.08. The summed E-state index contributed by atoms with van der Waals surface area (Å²) >= 11 is 11.0. The average Bonchev–Trinajstić information content (AvgIpc) is 2.15. The normalized spacial score (nSPS) is 11.8. The van der Waals surface area contributed by atoms with Crippen molar-refractivity contribution in [3.63, 3.8) is 0 Å². The van der Waals surface area contributed by atoms with Gasteiger partial charge in [0.15, 0.2) is 0 Å². The maximum Gasteiger partial charge on any atom is 0.269 e. The number of nitrogens with zero attached hydrogens (tertiary/aromatic N) is 1. The van der Waals surface area contributed by atoms with Crippen molar-refractivity contribution in [3.8, 4) is 0 Å². The molecule has 0 aliphatic heterocycles. The first-order valence-electron chi connectivity index (χ1n) is 3.74. The Balaban J connectivity index is 3.49. The molecule has 0 saturated carbocycles. The first kappa shape index (κ1) is 13.5. The second kappa shape index (κ2) is 4.75. The highest BCUT2D eigenvalue weighted by atomic mass is 35.7. The predicted octanol–water partition coefficient (Wildman–Crippen LogP) is 3.00. The van der Waals surface area contributed by atoms with E-state index in [9.17, 15) is 18.5 Å². The maximum atomic E-state index is 11.1. The Bertz CT molecular complexity index is 528. The molecule has 88 valence electrons. The van der Waals surface area contributed by atoms with Gasteiger partial charge in [-0.15, -0.1) is 23.2 Å². The summed E-state index contributed by atoms with van der Waals surface area (Å²) in [6.07, 6.45) is 0. The highest BCUT2D eigenvalue weighted by Crippen LogP contribution is 2.34. The Morgan fingerprint density at radius 3 is 2.25 bits per heavy atom. The zero-order valence-corrected chi connectivity index (χ0v) is 10.5.